The van der Waals surface area contributed by atoms with Crippen molar-refractivity contribution in [3.63, 3.8) is 0 Å². The van der Waals surface area contributed by atoms with Gasteiger partial charge in [-0.25, -0.2) is 8.42 Å². The maximum atomic E-state index is 12.5. The third-order valence-corrected chi connectivity index (χ3v) is 4.72. The first-order chi connectivity index (χ1) is 9.43. The molecule has 0 aliphatic heterocycles. The number of benzene rings is 2. The Morgan fingerprint density at radius 1 is 1.10 bits per heavy atom. The molecule has 0 amide bonds. The molecule has 0 saturated heterocycles. The maximum absolute atomic E-state index is 12.5. The molecule has 0 aliphatic rings. The molecule has 0 bridgehead atoms. The molecule has 0 atom stereocenters. The molecule has 5 nitrogen and oxygen atoms in total. The lowest BCUT2D eigenvalue weighted by Gasteiger charge is -2.20. The van der Waals surface area contributed by atoms with Crippen molar-refractivity contribution in [3.8, 4) is 0 Å². The van der Waals surface area contributed by atoms with E-state index in [1.807, 2.05) is 0 Å². The quantitative estimate of drug-likeness (QED) is 0.664. The van der Waals surface area contributed by atoms with Crippen molar-refractivity contribution in [1.29, 1.82) is 5.41 Å². The van der Waals surface area contributed by atoms with Crippen LogP contribution in [0.5, 0.6) is 0 Å². The second-order valence-electron chi connectivity index (χ2n) is 4.25. The van der Waals surface area contributed by atoms with Gasteiger partial charge in [0.1, 0.15) is 5.84 Å². The third kappa shape index (κ3) is 2.65. The van der Waals surface area contributed by atoms with Crippen LogP contribution in [0.15, 0.2) is 59.5 Å². The second-order valence-corrected chi connectivity index (χ2v) is 6.22. The number of hydrogen-bond donors (Lipinski definition) is 2. The van der Waals surface area contributed by atoms with Crippen molar-refractivity contribution in [1.82, 2.24) is 0 Å². The fourth-order valence-corrected chi connectivity index (χ4v) is 2.97. The fourth-order valence-electron chi connectivity index (χ4n) is 1.76. The molecule has 0 aromatic heterocycles. The lowest BCUT2D eigenvalue weighted by atomic mass is 10.2. The lowest BCUT2D eigenvalue weighted by molar-refractivity contribution is 0.594. The van der Waals surface area contributed by atoms with E-state index in [1.165, 1.54) is 11.4 Å². The van der Waals surface area contributed by atoms with Gasteiger partial charge in [0.05, 0.1) is 10.6 Å². The summed E-state index contributed by atoms with van der Waals surface area (Å²) < 4.78 is 26.1. The van der Waals surface area contributed by atoms with Gasteiger partial charge in [0.15, 0.2) is 0 Å². The number of nitrogens with two attached hydrogens (primary N) is 1. The molecule has 0 aliphatic carbocycles. The van der Waals surface area contributed by atoms with Crippen molar-refractivity contribution in [3.05, 3.63) is 60.2 Å². The SMILES string of the molecule is CN(c1cccc(C(=N)N)c1)S(=O)(=O)c1ccccc1. The monoisotopic (exact) mass is 289 g/mol. The van der Waals surface area contributed by atoms with E-state index in [0.29, 0.717) is 11.3 Å². The molecule has 0 unspecified atom stereocenters. The van der Waals surface area contributed by atoms with Gasteiger partial charge in [-0.15, -0.1) is 0 Å². The number of rotatable bonds is 4. The highest BCUT2D eigenvalue weighted by Crippen LogP contribution is 2.22. The van der Waals surface area contributed by atoms with E-state index in [1.54, 1.807) is 54.6 Å². The zero-order chi connectivity index (χ0) is 14.8. The normalized spacial score (nSPS) is 11.1. The molecule has 6 heteroatoms. The molecule has 0 saturated carbocycles. The molecule has 0 heterocycles. The number of nitrogens with one attached hydrogen (secondary N) is 1. The Bertz CT molecular complexity index is 727. The smallest absolute Gasteiger partial charge is 0.264 e. The third-order valence-electron chi connectivity index (χ3n) is 2.92. The van der Waals surface area contributed by atoms with Crippen LogP contribution in [0.3, 0.4) is 0 Å². The van der Waals surface area contributed by atoms with Crippen molar-refractivity contribution in [2.45, 2.75) is 4.90 Å². The van der Waals surface area contributed by atoms with E-state index >= 15 is 0 Å². The highest BCUT2D eigenvalue weighted by molar-refractivity contribution is 7.92. The van der Waals surface area contributed by atoms with Gasteiger partial charge >= 0.3 is 0 Å². The summed E-state index contributed by atoms with van der Waals surface area (Å²) in [6.07, 6.45) is 0. The summed E-state index contributed by atoms with van der Waals surface area (Å²) in [5.74, 6) is -0.0997. The number of sulfonamides is 1. The standard InChI is InChI=1S/C14H15N3O2S/c1-17(12-7-5-6-11(10-12)14(15)16)20(18,19)13-8-3-2-4-9-13/h2-10H,1H3,(H3,15,16). The molecule has 2 aromatic carbocycles. The van der Waals surface area contributed by atoms with E-state index in [-0.39, 0.29) is 10.7 Å². The average Bonchev–Trinajstić information content (AvgIpc) is 2.47. The first kappa shape index (κ1) is 14.1. The highest BCUT2D eigenvalue weighted by atomic mass is 32.2. The van der Waals surface area contributed by atoms with Crippen LogP contribution in [0.4, 0.5) is 5.69 Å². The summed E-state index contributed by atoms with van der Waals surface area (Å²) in [7, 11) is -2.14. The minimum Gasteiger partial charge on any atom is -0.384 e. The average molecular weight is 289 g/mol. The zero-order valence-electron chi connectivity index (χ0n) is 10.9. The predicted molar refractivity (Wildman–Crippen MR) is 79.5 cm³/mol. The van der Waals surface area contributed by atoms with Crippen molar-refractivity contribution in [2.75, 3.05) is 11.4 Å². The Morgan fingerprint density at radius 2 is 1.75 bits per heavy atom. The first-order valence-corrected chi connectivity index (χ1v) is 7.35. The van der Waals surface area contributed by atoms with Crippen LogP contribution in [0.25, 0.3) is 0 Å². The van der Waals surface area contributed by atoms with E-state index < -0.39 is 10.0 Å². The summed E-state index contributed by atoms with van der Waals surface area (Å²) in [6, 6.07) is 14.8. The number of hydrogen-bond acceptors (Lipinski definition) is 3. The molecule has 3 N–H and O–H groups in total. The lowest BCUT2D eigenvalue weighted by Crippen LogP contribution is -2.26. The Hall–Kier alpha value is -2.34. The summed E-state index contributed by atoms with van der Waals surface area (Å²) in [5.41, 5.74) is 6.36. The minimum atomic E-state index is -3.61. The van der Waals surface area contributed by atoms with Gasteiger partial charge in [-0.2, -0.15) is 0 Å². The molecule has 20 heavy (non-hydrogen) atoms. The second kappa shape index (κ2) is 5.34. The van der Waals surface area contributed by atoms with E-state index in [0.717, 1.165) is 0 Å². The maximum Gasteiger partial charge on any atom is 0.264 e. The van der Waals surface area contributed by atoms with Gasteiger partial charge in [-0.1, -0.05) is 30.3 Å². The van der Waals surface area contributed by atoms with Crippen LogP contribution in [-0.4, -0.2) is 21.3 Å². The topological polar surface area (TPSA) is 87.2 Å². The predicted octanol–water partition coefficient (Wildman–Crippen LogP) is 1.80. The first-order valence-electron chi connectivity index (χ1n) is 5.91. The highest BCUT2D eigenvalue weighted by Gasteiger charge is 2.21. The Balaban J connectivity index is 2.43. The summed E-state index contributed by atoms with van der Waals surface area (Å²) in [5, 5.41) is 7.40. The van der Waals surface area contributed by atoms with Gasteiger partial charge in [0.25, 0.3) is 10.0 Å². The Morgan fingerprint density at radius 3 is 2.35 bits per heavy atom. The van der Waals surface area contributed by atoms with Crippen LogP contribution in [-0.2, 0) is 10.0 Å². The fraction of sp³-hybridized carbons (Fsp3) is 0.0714. The number of anilines is 1. The van der Waals surface area contributed by atoms with Crippen molar-refractivity contribution < 1.29 is 8.42 Å². The van der Waals surface area contributed by atoms with E-state index in [2.05, 4.69) is 0 Å². The number of nitrogens with zero attached hydrogens (tertiary/aromatic N) is 1. The van der Waals surface area contributed by atoms with Crippen LogP contribution in [0.1, 0.15) is 5.56 Å². The largest absolute Gasteiger partial charge is 0.384 e. The number of nitrogen functional groups attached to an aromatic ring is 1. The van der Waals surface area contributed by atoms with E-state index in [4.69, 9.17) is 11.1 Å². The Labute approximate surface area is 118 Å². The van der Waals surface area contributed by atoms with Gasteiger partial charge < -0.3 is 5.73 Å². The Kier molecular flexibility index (Phi) is 3.76. The molecular formula is C14H15N3O2S. The van der Waals surface area contributed by atoms with Crippen LogP contribution < -0.4 is 10.0 Å². The minimum absolute atomic E-state index is 0.0997. The van der Waals surface area contributed by atoms with Crippen LogP contribution in [0.2, 0.25) is 0 Å². The van der Waals surface area contributed by atoms with Gasteiger partial charge in [0.2, 0.25) is 0 Å². The summed E-state index contributed by atoms with van der Waals surface area (Å²) >= 11 is 0. The van der Waals surface area contributed by atoms with Gasteiger partial charge in [-0.05, 0) is 24.3 Å². The molecule has 0 spiro atoms. The van der Waals surface area contributed by atoms with Crippen LogP contribution >= 0.6 is 0 Å². The van der Waals surface area contributed by atoms with Gasteiger partial charge in [-0.3, -0.25) is 9.71 Å². The van der Waals surface area contributed by atoms with Gasteiger partial charge in [0, 0.05) is 12.6 Å². The zero-order valence-corrected chi connectivity index (χ0v) is 11.8. The molecule has 0 fully saturated rings. The van der Waals surface area contributed by atoms with Crippen molar-refractivity contribution >= 4 is 21.5 Å². The molecular weight excluding hydrogens is 274 g/mol. The molecule has 0 radical (unpaired) electrons. The molecule has 2 aromatic rings. The number of amidine groups is 1. The molecule has 104 valence electrons. The van der Waals surface area contributed by atoms with Crippen LogP contribution in [0, 0.1) is 5.41 Å². The summed E-state index contributed by atoms with van der Waals surface area (Å²) in [6.45, 7) is 0. The van der Waals surface area contributed by atoms with Crippen molar-refractivity contribution in [2.24, 2.45) is 5.73 Å². The molecule has 2 rings (SSSR count). The summed E-state index contributed by atoms with van der Waals surface area (Å²) in [4.78, 5) is 0.218. The van der Waals surface area contributed by atoms with E-state index in [9.17, 15) is 8.42 Å².